The van der Waals surface area contributed by atoms with Crippen molar-refractivity contribution in [3.8, 4) is 0 Å². The van der Waals surface area contributed by atoms with Crippen LogP contribution in [0.25, 0.3) is 0 Å². The number of amides is 1. The number of carbonyl (C=O) groups excluding carboxylic acids is 1. The van der Waals surface area contributed by atoms with E-state index in [1.54, 1.807) is 0 Å². The SMILES string of the molecule is O=C(CC1(N2CCOCC2)CCCC1)N[C@H]1CCO[C@H](C2CC2)C1. The average molecular weight is 336 g/mol. The van der Waals surface area contributed by atoms with Crippen LogP contribution in [0, 0.1) is 5.92 Å². The highest BCUT2D eigenvalue weighted by atomic mass is 16.5. The van der Waals surface area contributed by atoms with Gasteiger partial charge in [-0.3, -0.25) is 9.69 Å². The first-order valence-corrected chi connectivity index (χ1v) is 9.99. The second-order valence-corrected chi connectivity index (χ2v) is 8.24. The topological polar surface area (TPSA) is 50.8 Å². The van der Waals surface area contributed by atoms with Gasteiger partial charge in [0.25, 0.3) is 0 Å². The van der Waals surface area contributed by atoms with E-state index in [0.717, 1.165) is 51.7 Å². The maximum atomic E-state index is 12.8. The second-order valence-electron chi connectivity index (χ2n) is 8.24. The Bertz CT molecular complexity index is 440. The summed E-state index contributed by atoms with van der Waals surface area (Å²) >= 11 is 0. The van der Waals surface area contributed by atoms with Crippen LogP contribution in [0.15, 0.2) is 0 Å². The van der Waals surface area contributed by atoms with Crippen molar-refractivity contribution in [3.05, 3.63) is 0 Å². The molecule has 0 aromatic rings. The first kappa shape index (κ1) is 16.8. The van der Waals surface area contributed by atoms with E-state index in [1.165, 1.54) is 38.5 Å². The van der Waals surface area contributed by atoms with Crippen LogP contribution in [0.1, 0.15) is 57.8 Å². The van der Waals surface area contributed by atoms with E-state index in [1.807, 2.05) is 0 Å². The molecule has 5 heteroatoms. The molecule has 0 radical (unpaired) electrons. The van der Waals surface area contributed by atoms with Crippen LogP contribution in [0.4, 0.5) is 0 Å². The monoisotopic (exact) mass is 336 g/mol. The highest BCUT2D eigenvalue weighted by Crippen LogP contribution is 2.40. The third-order valence-electron chi connectivity index (χ3n) is 6.53. The van der Waals surface area contributed by atoms with Gasteiger partial charge >= 0.3 is 0 Å². The van der Waals surface area contributed by atoms with Gasteiger partial charge in [0.15, 0.2) is 0 Å². The second kappa shape index (κ2) is 7.30. The quantitative estimate of drug-likeness (QED) is 0.835. The zero-order valence-corrected chi connectivity index (χ0v) is 14.8. The zero-order chi connectivity index (χ0) is 16.4. The van der Waals surface area contributed by atoms with E-state index in [9.17, 15) is 4.79 Å². The van der Waals surface area contributed by atoms with Crippen LogP contribution < -0.4 is 5.32 Å². The van der Waals surface area contributed by atoms with Crippen molar-refractivity contribution in [1.82, 2.24) is 10.2 Å². The summed E-state index contributed by atoms with van der Waals surface area (Å²) in [6.07, 6.45) is 10.5. The van der Waals surface area contributed by atoms with Crippen molar-refractivity contribution in [2.45, 2.75) is 75.5 Å². The molecule has 2 aliphatic carbocycles. The normalized spacial score (nSPS) is 34.2. The fourth-order valence-corrected chi connectivity index (χ4v) is 5.01. The van der Waals surface area contributed by atoms with Gasteiger partial charge in [-0.05, 0) is 44.4 Å². The number of rotatable bonds is 5. The van der Waals surface area contributed by atoms with Crippen LogP contribution >= 0.6 is 0 Å². The molecule has 0 aromatic carbocycles. The van der Waals surface area contributed by atoms with Crippen molar-refractivity contribution in [2.75, 3.05) is 32.9 Å². The van der Waals surface area contributed by atoms with Gasteiger partial charge in [0.2, 0.25) is 5.91 Å². The van der Waals surface area contributed by atoms with Crippen molar-refractivity contribution in [3.63, 3.8) is 0 Å². The number of nitrogens with zero attached hydrogens (tertiary/aromatic N) is 1. The zero-order valence-electron chi connectivity index (χ0n) is 14.8. The Labute approximate surface area is 145 Å². The predicted octanol–water partition coefficient (Wildman–Crippen LogP) is 2.10. The lowest BCUT2D eigenvalue weighted by Crippen LogP contribution is -2.54. The molecule has 0 bridgehead atoms. The van der Waals surface area contributed by atoms with Gasteiger partial charge in [0, 0.05) is 37.7 Å². The fraction of sp³-hybridized carbons (Fsp3) is 0.947. The van der Waals surface area contributed by atoms with Crippen LogP contribution in [0.5, 0.6) is 0 Å². The molecule has 24 heavy (non-hydrogen) atoms. The highest BCUT2D eigenvalue weighted by molar-refractivity contribution is 5.77. The van der Waals surface area contributed by atoms with Crippen molar-refractivity contribution in [1.29, 1.82) is 0 Å². The number of nitrogens with one attached hydrogen (secondary N) is 1. The Morgan fingerprint density at radius 3 is 2.54 bits per heavy atom. The number of ether oxygens (including phenoxy) is 2. The molecule has 2 saturated carbocycles. The van der Waals surface area contributed by atoms with Gasteiger partial charge in [-0.25, -0.2) is 0 Å². The molecule has 4 fully saturated rings. The van der Waals surface area contributed by atoms with E-state index < -0.39 is 0 Å². The molecule has 1 amide bonds. The van der Waals surface area contributed by atoms with Gasteiger partial charge in [-0.15, -0.1) is 0 Å². The van der Waals surface area contributed by atoms with E-state index in [4.69, 9.17) is 9.47 Å². The smallest absolute Gasteiger partial charge is 0.222 e. The van der Waals surface area contributed by atoms with Crippen molar-refractivity contribution in [2.24, 2.45) is 5.92 Å². The van der Waals surface area contributed by atoms with Crippen LogP contribution in [0.3, 0.4) is 0 Å². The molecule has 5 nitrogen and oxygen atoms in total. The third-order valence-corrected chi connectivity index (χ3v) is 6.53. The number of morpholine rings is 1. The van der Waals surface area contributed by atoms with Gasteiger partial charge < -0.3 is 14.8 Å². The molecule has 0 aromatic heterocycles. The Morgan fingerprint density at radius 1 is 1.08 bits per heavy atom. The molecule has 2 aliphatic heterocycles. The summed E-state index contributed by atoms with van der Waals surface area (Å²) in [6.45, 7) is 4.39. The van der Waals surface area contributed by atoms with Crippen molar-refractivity contribution >= 4 is 5.91 Å². The molecule has 4 aliphatic rings. The Balaban J connectivity index is 1.33. The van der Waals surface area contributed by atoms with Gasteiger partial charge in [0.05, 0.1) is 19.3 Å². The summed E-state index contributed by atoms with van der Waals surface area (Å²) in [4.78, 5) is 15.3. The van der Waals surface area contributed by atoms with E-state index in [-0.39, 0.29) is 11.4 Å². The summed E-state index contributed by atoms with van der Waals surface area (Å²) in [6, 6.07) is 0.319. The average Bonchev–Trinajstić information content (AvgIpc) is 3.36. The van der Waals surface area contributed by atoms with Crippen molar-refractivity contribution < 1.29 is 14.3 Å². The molecule has 136 valence electrons. The summed E-state index contributed by atoms with van der Waals surface area (Å²) in [5, 5.41) is 3.35. The first-order valence-electron chi connectivity index (χ1n) is 9.99. The van der Waals surface area contributed by atoms with E-state index >= 15 is 0 Å². The summed E-state index contributed by atoms with van der Waals surface area (Å²) < 4.78 is 11.4. The van der Waals surface area contributed by atoms with Crippen LogP contribution in [-0.4, -0.2) is 61.4 Å². The molecular formula is C19H32N2O3. The Hall–Kier alpha value is -0.650. The van der Waals surface area contributed by atoms with E-state index in [2.05, 4.69) is 10.2 Å². The number of carbonyl (C=O) groups is 1. The lowest BCUT2D eigenvalue weighted by Gasteiger charge is -2.43. The molecule has 2 heterocycles. The van der Waals surface area contributed by atoms with Gasteiger partial charge in [0.1, 0.15) is 0 Å². The minimum atomic E-state index is 0.0922. The molecule has 1 N–H and O–H groups in total. The molecule has 0 unspecified atom stereocenters. The summed E-state index contributed by atoms with van der Waals surface area (Å²) in [7, 11) is 0. The molecule has 0 spiro atoms. The minimum Gasteiger partial charge on any atom is -0.379 e. The first-order chi connectivity index (χ1) is 11.8. The fourth-order valence-electron chi connectivity index (χ4n) is 5.01. The largest absolute Gasteiger partial charge is 0.379 e. The Kier molecular flexibility index (Phi) is 5.11. The molecular weight excluding hydrogens is 304 g/mol. The maximum absolute atomic E-state index is 12.8. The third kappa shape index (κ3) is 3.78. The van der Waals surface area contributed by atoms with Crippen LogP contribution in [-0.2, 0) is 14.3 Å². The van der Waals surface area contributed by atoms with E-state index in [0.29, 0.717) is 18.6 Å². The predicted molar refractivity (Wildman–Crippen MR) is 91.8 cm³/mol. The van der Waals surface area contributed by atoms with Crippen LogP contribution in [0.2, 0.25) is 0 Å². The summed E-state index contributed by atoms with van der Waals surface area (Å²) in [5.41, 5.74) is 0.0922. The van der Waals surface area contributed by atoms with Gasteiger partial charge in [-0.2, -0.15) is 0 Å². The highest BCUT2D eigenvalue weighted by Gasteiger charge is 2.42. The molecule has 2 atom stereocenters. The number of hydrogen-bond donors (Lipinski definition) is 1. The number of hydrogen-bond acceptors (Lipinski definition) is 4. The minimum absolute atomic E-state index is 0.0922. The molecule has 4 rings (SSSR count). The lowest BCUT2D eigenvalue weighted by atomic mass is 9.89. The van der Waals surface area contributed by atoms with Gasteiger partial charge in [-0.1, -0.05) is 12.8 Å². The Morgan fingerprint density at radius 2 is 1.83 bits per heavy atom. The lowest BCUT2D eigenvalue weighted by molar-refractivity contribution is -0.127. The maximum Gasteiger partial charge on any atom is 0.222 e. The summed E-state index contributed by atoms with van der Waals surface area (Å²) in [5.74, 6) is 1.02. The molecule has 2 saturated heterocycles. The standard InChI is InChI=1S/C19H32N2O3/c22-18(20-16-5-10-24-17(13-16)15-3-4-15)14-19(6-1-2-7-19)21-8-11-23-12-9-21/h15-17H,1-14H2,(H,20,22)/t16-,17-/m0/s1.